The van der Waals surface area contributed by atoms with Crippen LogP contribution in [0.5, 0.6) is 0 Å². The number of ether oxygens (including phenoxy) is 2. The average molecular weight is 549 g/mol. The minimum atomic E-state index is -0.815. The molecule has 0 heterocycles. The highest BCUT2D eigenvalue weighted by molar-refractivity contribution is 5.70. The average Bonchev–Trinajstić information content (AvgIpc) is 2.93. The van der Waals surface area contributed by atoms with E-state index in [0.29, 0.717) is 19.3 Å². The molecule has 0 rings (SSSR count). The zero-order valence-corrected chi connectivity index (χ0v) is 24.7. The maximum Gasteiger partial charge on any atom is 0.306 e. The van der Waals surface area contributed by atoms with Crippen LogP contribution in [0.3, 0.4) is 0 Å². The molecule has 0 bridgehead atoms. The molecule has 2 atom stereocenters. The lowest BCUT2D eigenvalue weighted by Gasteiger charge is -2.15. The van der Waals surface area contributed by atoms with E-state index in [2.05, 4.69) is 19.9 Å². The van der Waals surface area contributed by atoms with E-state index in [1.54, 1.807) is 6.08 Å². The van der Waals surface area contributed by atoms with Crippen LogP contribution in [0.25, 0.3) is 0 Å². The van der Waals surface area contributed by atoms with Gasteiger partial charge < -0.3 is 19.7 Å². The molecule has 2 N–H and O–H groups in total. The van der Waals surface area contributed by atoms with E-state index < -0.39 is 18.2 Å². The Morgan fingerprint density at radius 1 is 0.718 bits per heavy atom. The molecule has 0 aromatic carbocycles. The lowest BCUT2D eigenvalue weighted by atomic mass is 10.1. The van der Waals surface area contributed by atoms with E-state index in [-0.39, 0.29) is 25.6 Å². The Bertz CT molecular complexity index is 694. The van der Waals surface area contributed by atoms with Crippen LogP contribution >= 0.6 is 0 Å². The molecule has 0 saturated heterocycles. The van der Waals surface area contributed by atoms with Crippen LogP contribution in [0.1, 0.15) is 123 Å². The Labute approximate surface area is 238 Å². The Kier molecular flexibility index (Phi) is 27.2. The number of unbranched alkanes of at least 4 members (excludes halogenated alkanes) is 10. The van der Waals surface area contributed by atoms with Crippen molar-refractivity contribution >= 4 is 11.9 Å². The molecule has 6 nitrogen and oxygen atoms in total. The fourth-order valence-electron chi connectivity index (χ4n) is 3.80. The second kappa shape index (κ2) is 28.8. The van der Waals surface area contributed by atoms with Gasteiger partial charge in [0.25, 0.3) is 0 Å². The Balaban J connectivity index is 3.84. The van der Waals surface area contributed by atoms with E-state index in [1.807, 2.05) is 36.5 Å². The third kappa shape index (κ3) is 27.2. The van der Waals surface area contributed by atoms with Crippen molar-refractivity contribution in [3.8, 4) is 0 Å². The first kappa shape index (κ1) is 36.8. The first-order chi connectivity index (χ1) is 19.0. The van der Waals surface area contributed by atoms with Crippen LogP contribution in [0.4, 0.5) is 0 Å². The summed E-state index contributed by atoms with van der Waals surface area (Å²) in [5.74, 6) is -0.709. The number of hydrogen-bond donors (Lipinski definition) is 2. The van der Waals surface area contributed by atoms with E-state index >= 15 is 0 Å². The highest BCUT2D eigenvalue weighted by atomic mass is 16.6. The zero-order chi connectivity index (χ0) is 28.8. The summed E-state index contributed by atoms with van der Waals surface area (Å²) in [6, 6.07) is 0. The Morgan fingerprint density at radius 2 is 1.36 bits per heavy atom. The zero-order valence-electron chi connectivity index (χ0n) is 24.7. The van der Waals surface area contributed by atoms with Gasteiger partial charge in [-0.15, -0.1) is 0 Å². The normalized spacial score (nSPS) is 13.6. The number of esters is 2. The highest BCUT2D eigenvalue weighted by Crippen LogP contribution is 2.09. The lowest BCUT2D eigenvalue weighted by molar-refractivity contribution is -0.161. The number of rotatable bonds is 26. The quantitative estimate of drug-likeness (QED) is 0.0498. The van der Waals surface area contributed by atoms with Gasteiger partial charge in [0.1, 0.15) is 6.61 Å². The summed E-state index contributed by atoms with van der Waals surface area (Å²) in [5.41, 5.74) is 0. The summed E-state index contributed by atoms with van der Waals surface area (Å²) in [5, 5.41) is 19.4. The first-order valence-corrected chi connectivity index (χ1v) is 15.3. The topological polar surface area (TPSA) is 93.1 Å². The third-order valence-electron chi connectivity index (χ3n) is 6.21. The monoisotopic (exact) mass is 548 g/mol. The molecule has 39 heavy (non-hydrogen) atoms. The van der Waals surface area contributed by atoms with Gasteiger partial charge in [-0.2, -0.15) is 0 Å². The molecule has 0 saturated carbocycles. The van der Waals surface area contributed by atoms with Gasteiger partial charge in [-0.05, 0) is 44.9 Å². The van der Waals surface area contributed by atoms with Crippen molar-refractivity contribution in [1.82, 2.24) is 0 Å². The van der Waals surface area contributed by atoms with E-state index in [1.165, 1.54) is 44.9 Å². The van der Waals surface area contributed by atoms with Gasteiger partial charge in [0, 0.05) is 12.8 Å². The van der Waals surface area contributed by atoms with Crippen LogP contribution in [0, 0.1) is 0 Å². The Hall–Kier alpha value is -2.18. The molecule has 0 aliphatic carbocycles. The summed E-state index contributed by atoms with van der Waals surface area (Å²) in [6.07, 6.45) is 30.6. The fraction of sp³-hybridized carbons (Fsp3) is 0.697. The molecule has 0 aromatic rings. The van der Waals surface area contributed by atoms with Crippen molar-refractivity contribution < 1.29 is 29.3 Å². The molecule has 0 aliphatic rings. The van der Waals surface area contributed by atoms with E-state index in [0.717, 1.165) is 38.5 Å². The van der Waals surface area contributed by atoms with Crippen molar-refractivity contribution in [2.45, 2.75) is 135 Å². The van der Waals surface area contributed by atoms with Crippen molar-refractivity contribution in [3.05, 3.63) is 48.6 Å². The molecular weight excluding hydrogens is 492 g/mol. The number of allylic oxidation sites excluding steroid dienone is 6. The first-order valence-electron chi connectivity index (χ1n) is 15.3. The predicted molar refractivity (Wildman–Crippen MR) is 160 cm³/mol. The molecular formula is C33H56O6. The maximum absolute atomic E-state index is 12.0. The van der Waals surface area contributed by atoms with E-state index in [4.69, 9.17) is 9.47 Å². The van der Waals surface area contributed by atoms with Crippen LogP contribution in [-0.4, -0.2) is 47.6 Å². The molecule has 0 fully saturated rings. The van der Waals surface area contributed by atoms with Crippen LogP contribution in [-0.2, 0) is 19.1 Å². The van der Waals surface area contributed by atoms with Crippen molar-refractivity contribution in [2.24, 2.45) is 0 Å². The van der Waals surface area contributed by atoms with Gasteiger partial charge in [0.2, 0.25) is 0 Å². The SMILES string of the molecule is CCCCC/C=C\C[C@H](O)/C=C/C=C\C/C=C\CCCC(=O)O[C@@H](CO)COC(=O)CCCCCCCCC. The number of carbonyl (C=O) groups excluding carboxylic acids is 2. The lowest BCUT2D eigenvalue weighted by Crippen LogP contribution is -2.28. The molecule has 6 heteroatoms. The maximum atomic E-state index is 12.0. The molecule has 0 spiro atoms. The van der Waals surface area contributed by atoms with Crippen molar-refractivity contribution in [3.63, 3.8) is 0 Å². The molecule has 224 valence electrons. The van der Waals surface area contributed by atoms with Crippen LogP contribution < -0.4 is 0 Å². The van der Waals surface area contributed by atoms with Gasteiger partial charge in [0.15, 0.2) is 6.10 Å². The summed E-state index contributed by atoms with van der Waals surface area (Å²) >= 11 is 0. The minimum absolute atomic E-state index is 0.106. The van der Waals surface area contributed by atoms with Gasteiger partial charge in [-0.25, -0.2) is 0 Å². The second-order valence-corrected chi connectivity index (χ2v) is 10.0. The second-order valence-electron chi connectivity index (χ2n) is 10.0. The molecule has 0 unspecified atom stereocenters. The van der Waals surface area contributed by atoms with Crippen LogP contribution in [0.15, 0.2) is 48.6 Å². The fourth-order valence-corrected chi connectivity index (χ4v) is 3.80. The number of aliphatic hydroxyl groups excluding tert-OH is 2. The van der Waals surface area contributed by atoms with Crippen molar-refractivity contribution in [2.75, 3.05) is 13.2 Å². The standard InChI is InChI=1S/C33H56O6/c1-3-5-7-9-13-18-22-26-32(36)38-29-31(28-34)39-33(37)27-23-19-15-12-11-14-17-21-25-30(35)24-20-16-10-8-6-4-2/h12,14-17,20-21,25,30-31,34-35H,3-11,13,18-19,22-24,26-29H2,1-2H3/b15-12-,17-14-,20-16-,25-21+/t30-,31-/m0/s1. The number of carbonyl (C=O) groups is 2. The summed E-state index contributed by atoms with van der Waals surface area (Å²) < 4.78 is 10.4. The molecule has 0 radical (unpaired) electrons. The van der Waals surface area contributed by atoms with Gasteiger partial charge in [0.05, 0.1) is 12.7 Å². The number of aliphatic hydroxyl groups is 2. The van der Waals surface area contributed by atoms with E-state index in [9.17, 15) is 19.8 Å². The molecule has 0 aliphatic heterocycles. The smallest absolute Gasteiger partial charge is 0.306 e. The number of hydrogen-bond acceptors (Lipinski definition) is 6. The highest BCUT2D eigenvalue weighted by Gasteiger charge is 2.15. The van der Waals surface area contributed by atoms with Crippen molar-refractivity contribution in [1.29, 1.82) is 0 Å². The molecule has 0 aromatic heterocycles. The predicted octanol–water partition coefficient (Wildman–Crippen LogP) is 7.69. The van der Waals surface area contributed by atoms with Crippen LogP contribution in [0.2, 0.25) is 0 Å². The minimum Gasteiger partial charge on any atom is -0.462 e. The van der Waals surface area contributed by atoms with Gasteiger partial charge >= 0.3 is 11.9 Å². The summed E-state index contributed by atoms with van der Waals surface area (Å²) in [6.45, 7) is 3.91. The largest absolute Gasteiger partial charge is 0.462 e. The summed E-state index contributed by atoms with van der Waals surface area (Å²) in [7, 11) is 0. The van der Waals surface area contributed by atoms with Gasteiger partial charge in [-0.1, -0.05) is 114 Å². The molecule has 0 amide bonds. The third-order valence-corrected chi connectivity index (χ3v) is 6.21. The Morgan fingerprint density at radius 3 is 2.10 bits per heavy atom. The van der Waals surface area contributed by atoms with Gasteiger partial charge in [-0.3, -0.25) is 9.59 Å². The summed E-state index contributed by atoms with van der Waals surface area (Å²) in [4.78, 5) is 23.9.